The number of carbonyl (C=O) groups is 1. The molecule has 1 aliphatic carbocycles. The van der Waals surface area contributed by atoms with Crippen molar-refractivity contribution >= 4 is 17.5 Å². The van der Waals surface area contributed by atoms with Crippen molar-refractivity contribution in [3.63, 3.8) is 0 Å². The van der Waals surface area contributed by atoms with Crippen molar-refractivity contribution in [3.8, 4) is 0 Å². The van der Waals surface area contributed by atoms with E-state index in [2.05, 4.69) is 5.32 Å². The molecule has 0 spiro atoms. The Balaban J connectivity index is 1.98. The SMILES string of the molecule is Cc1ccc(CNC(=O)C2=CC(C)C=C2)c(Cl)c1. The molecule has 0 saturated carbocycles. The number of rotatable bonds is 3. The van der Waals surface area contributed by atoms with E-state index in [4.69, 9.17) is 11.6 Å². The monoisotopic (exact) mass is 261 g/mol. The van der Waals surface area contributed by atoms with Crippen molar-refractivity contribution in [2.45, 2.75) is 20.4 Å². The fourth-order valence-corrected chi connectivity index (χ4v) is 2.18. The maximum Gasteiger partial charge on any atom is 0.251 e. The van der Waals surface area contributed by atoms with Crippen LogP contribution in [0.5, 0.6) is 0 Å². The number of carbonyl (C=O) groups excluding carboxylic acids is 1. The normalized spacial score (nSPS) is 17.7. The molecule has 18 heavy (non-hydrogen) atoms. The van der Waals surface area contributed by atoms with Gasteiger partial charge in [0.05, 0.1) is 0 Å². The van der Waals surface area contributed by atoms with Gasteiger partial charge >= 0.3 is 0 Å². The Bertz CT molecular complexity index is 531. The average Bonchev–Trinajstić information content (AvgIpc) is 2.74. The number of amides is 1. The lowest BCUT2D eigenvalue weighted by molar-refractivity contribution is -0.117. The van der Waals surface area contributed by atoms with Gasteiger partial charge in [-0.1, -0.05) is 48.9 Å². The molecule has 0 bridgehead atoms. The van der Waals surface area contributed by atoms with Gasteiger partial charge in [-0.3, -0.25) is 4.79 Å². The topological polar surface area (TPSA) is 29.1 Å². The maximum absolute atomic E-state index is 11.9. The van der Waals surface area contributed by atoms with Gasteiger partial charge in [0, 0.05) is 17.1 Å². The van der Waals surface area contributed by atoms with Crippen molar-refractivity contribution in [1.29, 1.82) is 0 Å². The minimum absolute atomic E-state index is 0.0489. The Hall–Kier alpha value is -1.54. The minimum Gasteiger partial charge on any atom is -0.348 e. The van der Waals surface area contributed by atoms with Gasteiger partial charge in [0.1, 0.15) is 0 Å². The first-order valence-electron chi connectivity index (χ1n) is 5.99. The molecule has 1 aromatic rings. The molecule has 1 aromatic carbocycles. The quantitative estimate of drug-likeness (QED) is 0.888. The fraction of sp³-hybridized carbons (Fsp3) is 0.267. The van der Waals surface area contributed by atoms with Crippen LogP contribution in [0.15, 0.2) is 42.0 Å². The largest absolute Gasteiger partial charge is 0.348 e. The Labute approximate surface area is 112 Å². The molecular formula is C15H16ClNO. The van der Waals surface area contributed by atoms with Crippen molar-refractivity contribution in [3.05, 3.63) is 58.1 Å². The summed E-state index contributed by atoms with van der Waals surface area (Å²) in [6.07, 6.45) is 5.82. The number of aryl methyl sites for hydroxylation is 1. The van der Waals surface area contributed by atoms with E-state index in [-0.39, 0.29) is 5.91 Å². The highest BCUT2D eigenvalue weighted by atomic mass is 35.5. The molecule has 0 radical (unpaired) electrons. The molecule has 0 fully saturated rings. The van der Waals surface area contributed by atoms with Crippen LogP contribution in [0.2, 0.25) is 5.02 Å². The van der Waals surface area contributed by atoms with Crippen molar-refractivity contribution in [1.82, 2.24) is 5.32 Å². The third-order valence-electron chi connectivity index (χ3n) is 2.93. The summed E-state index contributed by atoms with van der Waals surface area (Å²) in [5.74, 6) is 0.293. The highest BCUT2D eigenvalue weighted by Gasteiger charge is 2.12. The van der Waals surface area contributed by atoms with Gasteiger partial charge in [0.25, 0.3) is 5.91 Å². The van der Waals surface area contributed by atoms with Gasteiger partial charge < -0.3 is 5.32 Å². The van der Waals surface area contributed by atoms with Gasteiger partial charge in [-0.05, 0) is 30.0 Å². The molecule has 1 atom stereocenters. The average molecular weight is 262 g/mol. The summed E-state index contributed by atoms with van der Waals surface area (Å²) in [5, 5.41) is 3.57. The molecule has 0 saturated heterocycles. The predicted octanol–water partition coefficient (Wildman–Crippen LogP) is 3.40. The molecule has 1 N–H and O–H groups in total. The second-order valence-corrected chi connectivity index (χ2v) is 5.02. The standard InChI is InChI=1S/C15H16ClNO/c1-10-3-5-12(7-10)15(18)17-9-13-6-4-11(2)8-14(13)16/h3-8,10H,9H2,1-2H3,(H,17,18). The third kappa shape index (κ3) is 3.02. The van der Waals surface area contributed by atoms with Gasteiger partial charge in [0.15, 0.2) is 0 Å². The van der Waals surface area contributed by atoms with Crippen molar-refractivity contribution < 1.29 is 4.79 Å². The van der Waals surface area contributed by atoms with Crippen LogP contribution in [0.1, 0.15) is 18.1 Å². The van der Waals surface area contributed by atoms with E-state index in [0.717, 1.165) is 16.7 Å². The number of hydrogen-bond donors (Lipinski definition) is 1. The van der Waals surface area contributed by atoms with Gasteiger partial charge in [0.2, 0.25) is 0 Å². The third-order valence-corrected chi connectivity index (χ3v) is 3.28. The summed E-state index contributed by atoms with van der Waals surface area (Å²) >= 11 is 6.12. The number of hydrogen-bond acceptors (Lipinski definition) is 1. The minimum atomic E-state index is -0.0489. The zero-order valence-corrected chi connectivity index (χ0v) is 11.3. The van der Waals surface area contributed by atoms with Crippen LogP contribution in [0.4, 0.5) is 0 Å². The number of allylic oxidation sites excluding steroid dienone is 2. The van der Waals surface area contributed by atoms with Crippen LogP contribution in [0, 0.1) is 12.8 Å². The smallest absolute Gasteiger partial charge is 0.251 e. The van der Waals surface area contributed by atoms with E-state index in [1.54, 1.807) is 0 Å². The summed E-state index contributed by atoms with van der Waals surface area (Å²) < 4.78 is 0. The Morgan fingerprint density at radius 3 is 2.83 bits per heavy atom. The molecule has 0 aliphatic heterocycles. The van der Waals surface area contributed by atoms with E-state index in [0.29, 0.717) is 17.5 Å². The molecule has 94 valence electrons. The second kappa shape index (κ2) is 5.40. The number of halogens is 1. The Kier molecular flexibility index (Phi) is 3.87. The predicted molar refractivity (Wildman–Crippen MR) is 74.4 cm³/mol. The van der Waals surface area contributed by atoms with Gasteiger partial charge in [-0.25, -0.2) is 0 Å². The van der Waals surface area contributed by atoms with Gasteiger partial charge in [-0.2, -0.15) is 0 Å². The summed E-state index contributed by atoms with van der Waals surface area (Å²) in [6.45, 7) is 4.49. The van der Waals surface area contributed by atoms with Crippen LogP contribution < -0.4 is 5.32 Å². The van der Waals surface area contributed by atoms with E-state index in [9.17, 15) is 4.79 Å². The maximum atomic E-state index is 11.9. The molecule has 1 unspecified atom stereocenters. The summed E-state index contributed by atoms with van der Waals surface area (Å²) in [4.78, 5) is 11.9. The lowest BCUT2D eigenvalue weighted by Gasteiger charge is -2.07. The summed E-state index contributed by atoms with van der Waals surface area (Å²) in [5.41, 5.74) is 2.78. The van der Waals surface area contributed by atoms with E-state index >= 15 is 0 Å². The van der Waals surface area contributed by atoms with E-state index < -0.39 is 0 Å². The highest BCUT2D eigenvalue weighted by molar-refractivity contribution is 6.31. The first-order chi connectivity index (χ1) is 8.56. The molecule has 0 heterocycles. The lowest BCUT2D eigenvalue weighted by atomic mass is 10.1. The van der Waals surface area contributed by atoms with E-state index in [1.807, 2.05) is 50.3 Å². The molecule has 1 amide bonds. The lowest BCUT2D eigenvalue weighted by Crippen LogP contribution is -2.23. The first kappa shape index (κ1) is 12.9. The summed E-state index contributed by atoms with van der Waals surface area (Å²) in [6, 6.07) is 5.84. The molecule has 2 rings (SSSR count). The molecular weight excluding hydrogens is 246 g/mol. The zero-order chi connectivity index (χ0) is 13.1. The van der Waals surface area contributed by atoms with Crippen molar-refractivity contribution in [2.24, 2.45) is 5.92 Å². The Morgan fingerprint density at radius 2 is 2.22 bits per heavy atom. The summed E-state index contributed by atoms with van der Waals surface area (Å²) in [7, 11) is 0. The number of nitrogens with one attached hydrogen (secondary N) is 1. The van der Waals surface area contributed by atoms with Crippen molar-refractivity contribution in [2.75, 3.05) is 0 Å². The highest BCUT2D eigenvalue weighted by Crippen LogP contribution is 2.18. The van der Waals surface area contributed by atoms with E-state index in [1.165, 1.54) is 0 Å². The molecule has 0 aromatic heterocycles. The Morgan fingerprint density at radius 1 is 1.44 bits per heavy atom. The zero-order valence-electron chi connectivity index (χ0n) is 10.5. The molecule has 3 heteroatoms. The first-order valence-corrected chi connectivity index (χ1v) is 6.37. The van der Waals surface area contributed by atoms with Crippen LogP contribution in [-0.2, 0) is 11.3 Å². The second-order valence-electron chi connectivity index (χ2n) is 4.62. The number of benzene rings is 1. The fourth-order valence-electron chi connectivity index (χ4n) is 1.87. The molecule has 2 nitrogen and oxygen atoms in total. The van der Waals surface area contributed by atoms with Crippen LogP contribution in [0.3, 0.4) is 0 Å². The van der Waals surface area contributed by atoms with Crippen LogP contribution in [-0.4, -0.2) is 5.91 Å². The van der Waals surface area contributed by atoms with Gasteiger partial charge in [-0.15, -0.1) is 0 Å². The van der Waals surface area contributed by atoms with Crippen LogP contribution >= 0.6 is 11.6 Å². The molecule has 1 aliphatic rings. The van der Waals surface area contributed by atoms with Crippen LogP contribution in [0.25, 0.3) is 0 Å².